The maximum atomic E-state index is 4.25. The quantitative estimate of drug-likeness (QED) is 0.830. The fourth-order valence-electron chi connectivity index (χ4n) is 1.61. The maximum Gasteiger partial charge on any atom is 0.202 e. The second-order valence-corrected chi connectivity index (χ2v) is 3.59. The topological polar surface area (TPSA) is 42.7 Å². The molecule has 0 radical (unpaired) electrons. The highest BCUT2D eigenvalue weighted by atomic mass is 15.2. The Labute approximate surface area is 95.4 Å². The predicted molar refractivity (Wildman–Crippen MR) is 64.3 cm³/mol. The molecule has 16 heavy (non-hydrogen) atoms. The second-order valence-electron chi connectivity index (χ2n) is 3.59. The normalized spacial score (nSPS) is 10.3. The van der Waals surface area contributed by atoms with Gasteiger partial charge in [-0.3, -0.25) is 4.98 Å². The Morgan fingerprint density at radius 2 is 2.31 bits per heavy atom. The lowest BCUT2D eigenvalue weighted by Gasteiger charge is -2.07. The van der Waals surface area contributed by atoms with E-state index in [4.69, 9.17) is 0 Å². The van der Waals surface area contributed by atoms with Crippen LogP contribution in [0.5, 0.6) is 0 Å². The Morgan fingerprint density at radius 3 is 3.06 bits per heavy atom. The van der Waals surface area contributed by atoms with E-state index in [1.54, 1.807) is 6.20 Å². The van der Waals surface area contributed by atoms with Crippen molar-refractivity contribution in [3.63, 3.8) is 0 Å². The molecule has 0 spiro atoms. The lowest BCUT2D eigenvalue weighted by molar-refractivity contribution is 0.699. The van der Waals surface area contributed by atoms with Crippen LogP contribution in [-0.2, 0) is 13.0 Å². The van der Waals surface area contributed by atoms with Gasteiger partial charge in [-0.1, -0.05) is 6.07 Å². The van der Waals surface area contributed by atoms with Crippen molar-refractivity contribution in [3.05, 3.63) is 42.5 Å². The van der Waals surface area contributed by atoms with E-state index >= 15 is 0 Å². The third-order valence-electron chi connectivity index (χ3n) is 2.41. The molecular formula is C12H16N4. The number of aromatic nitrogens is 3. The van der Waals surface area contributed by atoms with Gasteiger partial charge >= 0.3 is 0 Å². The molecule has 0 aliphatic carbocycles. The number of pyridine rings is 1. The van der Waals surface area contributed by atoms with Gasteiger partial charge in [-0.2, -0.15) is 0 Å². The molecular weight excluding hydrogens is 200 g/mol. The first-order valence-corrected chi connectivity index (χ1v) is 5.54. The SMILES string of the molecule is CCNc1nccn1CCc1cccnc1. The van der Waals surface area contributed by atoms with Gasteiger partial charge < -0.3 is 9.88 Å². The molecule has 2 aromatic heterocycles. The van der Waals surface area contributed by atoms with Crippen molar-refractivity contribution in [2.45, 2.75) is 19.9 Å². The van der Waals surface area contributed by atoms with Crippen LogP contribution in [0.2, 0.25) is 0 Å². The molecule has 2 heterocycles. The van der Waals surface area contributed by atoms with Crippen LogP contribution in [0.15, 0.2) is 36.9 Å². The number of hydrogen-bond acceptors (Lipinski definition) is 3. The average Bonchev–Trinajstić information content (AvgIpc) is 2.76. The first kappa shape index (κ1) is 10.7. The van der Waals surface area contributed by atoms with Gasteiger partial charge in [0, 0.05) is 37.9 Å². The van der Waals surface area contributed by atoms with E-state index in [9.17, 15) is 0 Å². The smallest absolute Gasteiger partial charge is 0.202 e. The summed E-state index contributed by atoms with van der Waals surface area (Å²) in [6.45, 7) is 3.89. The number of rotatable bonds is 5. The molecule has 0 bridgehead atoms. The minimum Gasteiger partial charge on any atom is -0.356 e. The van der Waals surface area contributed by atoms with E-state index in [0.29, 0.717) is 0 Å². The van der Waals surface area contributed by atoms with Crippen molar-refractivity contribution in [2.24, 2.45) is 0 Å². The number of nitrogens with zero attached hydrogens (tertiary/aromatic N) is 3. The summed E-state index contributed by atoms with van der Waals surface area (Å²) in [4.78, 5) is 8.36. The highest BCUT2D eigenvalue weighted by molar-refractivity contribution is 5.25. The Balaban J connectivity index is 1.97. The first-order valence-electron chi connectivity index (χ1n) is 5.54. The van der Waals surface area contributed by atoms with Crippen LogP contribution < -0.4 is 5.32 Å². The summed E-state index contributed by atoms with van der Waals surface area (Å²) in [5, 5.41) is 3.23. The second kappa shape index (κ2) is 5.30. The zero-order chi connectivity index (χ0) is 11.2. The van der Waals surface area contributed by atoms with E-state index in [1.165, 1.54) is 5.56 Å². The van der Waals surface area contributed by atoms with Gasteiger partial charge in [-0.15, -0.1) is 0 Å². The average molecular weight is 216 g/mol. The molecule has 0 fully saturated rings. The lowest BCUT2D eigenvalue weighted by Crippen LogP contribution is -2.08. The third-order valence-corrected chi connectivity index (χ3v) is 2.41. The Kier molecular flexibility index (Phi) is 3.53. The molecule has 2 aromatic rings. The summed E-state index contributed by atoms with van der Waals surface area (Å²) < 4.78 is 2.12. The summed E-state index contributed by atoms with van der Waals surface area (Å²) in [5.74, 6) is 0.936. The Bertz CT molecular complexity index is 422. The van der Waals surface area contributed by atoms with Gasteiger partial charge in [0.1, 0.15) is 0 Å². The van der Waals surface area contributed by atoms with Gasteiger partial charge in [0.05, 0.1) is 0 Å². The third kappa shape index (κ3) is 2.59. The largest absolute Gasteiger partial charge is 0.356 e. The summed E-state index contributed by atoms with van der Waals surface area (Å²) in [6.07, 6.45) is 8.49. The zero-order valence-electron chi connectivity index (χ0n) is 9.43. The molecule has 4 nitrogen and oxygen atoms in total. The van der Waals surface area contributed by atoms with Crippen molar-refractivity contribution < 1.29 is 0 Å². The minimum atomic E-state index is 0.893. The monoisotopic (exact) mass is 216 g/mol. The lowest BCUT2D eigenvalue weighted by atomic mass is 10.2. The van der Waals surface area contributed by atoms with Crippen molar-refractivity contribution in [2.75, 3.05) is 11.9 Å². The summed E-state index contributed by atoms with van der Waals surface area (Å²) in [7, 11) is 0. The van der Waals surface area contributed by atoms with E-state index < -0.39 is 0 Å². The summed E-state index contributed by atoms with van der Waals surface area (Å²) in [5.41, 5.74) is 1.25. The molecule has 0 saturated heterocycles. The molecule has 0 amide bonds. The van der Waals surface area contributed by atoms with Crippen LogP contribution in [0.25, 0.3) is 0 Å². The molecule has 0 aliphatic rings. The van der Waals surface area contributed by atoms with Crippen LogP contribution in [-0.4, -0.2) is 21.1 Å². The minimum absolute atomic E-state index is 0.893. The van der Waals surface area contributed by atoms with Gasteiger partial charge in [-0.25, -0.2) is 4.98 Å². The van der Waals surface area contributed by atoms with Gasteiger partial charge in [0.15, 0.2) is 0 Å². The summed E-state index contributed by atoms with van der Waals surface area (Å²) >= 11 is 0. The van der Waals surface area contributed by atoms with E-state index in [-0.39, 0.29) is 0 Å². The predicted octanol–water partition coefficient (Wildman–Crippen LogP) is 1.95. The molecule has 1 N–H and O–H groups in total. The van der Waals surface area contributed by atoms with Gasteiger partial charge in [-0.05, 0) is 25.0 Å². The van der Waals surface area contributed by atoms with Crippen LogP contribution in [0.4, 0.5) is 5.95 Å². The Hall–Kier alpha value is -1.84. The summed E-state index contributed by atoms with van der Waals surface area (Å²) in [6, 6.07) is 4.06. The molecule has 0 aliphatic heterocycles. The highest BCUT2D eigenvalue weighted by Crippen LogP contribution is 2.06. The molecule has 4 heteroatoms. The number of aryl methyl sites for hydroxylation is 2. The maximum absolute atomic E-state index is 4.25. The standard InChI is InChI=1S/C12H16N4/c1-2-14-12-15-7-9-16(12)8-5-11-4-3-6-13-10-11/h3-4,6-7,9-10H,2,5,8H2,1H3,(H,14,15). The fourth-order valence-corrected chi connectivity index (χ4v) is 1.61. The van der Waals surface area contributed by atoms with Gasteiger partial charge in [0.2, 0.25) is 5.95 Å². The highest BCUT2D eigenvalue weighted by Gasteiger charge is 2.00. The van der Waals surface area contributed by atoms with E-state index in [0.717, 1.165) is 25.5 Å². The Morgan fingerprint density at radius 1 is 1.38 bits per heavy atom. The van der Waals surface area contributed by atoms with Crippen molar-refractivity contribution in [1.29, 1.82) is 0 Å². The van der Waals surface area contributed by atoms with Crippen molar-refractivity contribution >= 4 is 5.95 Å². The van der Waals surface area contributed by atoms with Crippen LogP contribution in [0.1, 0.15) is 12.5 Å². The first-order chi connectivity index (χ1) is 7.90. The van der Waals surface area contributed by atoms with Crippen molar-refractivity contribution in [3.8, 4) is 0 Å². The molecule has 0 saturated carbocycles. The molecule has 0 atom stereocenters. The van der Waals surface area contributed by atoms with Gasteiger partial charge in [0.25, 0.3) is 0 Å². The molecule has 84 valence electrons. The number of anilines is 1. The van der Waals surface area contributed by atoms with Crippen LogP contribution in [0.3, 0.4) is 0 Å². The fraction of sp³-hybridized carbons (Fsp3) is 0.333. The molecule has 0 unspecified atom stereocenters. The number of imidazole rings is 1. The molecule has 0 aromatic carbocycles. The van der Waals surface area contributed by atoms with Crippen LogP contribution in [0, 0.1) is 0 Å². The van der Waals surface area contributed by atoms with E-state index in [2.05, 4.69) is 32.8 Å². The van der Waals surface area contributed by atoms with Crippen LogP contribution >= 0.6 is 0 Å². The zero-order valence-corrected chi connectivity index (χ0v) is 9.43. The number of nitrogens with one attached hydrogen (secondary N) is 1. The van der Waals surface area contributed by atoms with Crippen molar-refractivity contribution in [1.82, 2.24) is 14.5 Å². The van der Waals surface area contributed by atoms with E-state index in [1.807, 2.05) is 24.7 Å². The number of hydrogen-bond donors (Lipinski definition) is 1. The molecule has 2 rings (SSSR count).